The van der Waals surface area contributed by atoms with Crippen LogP contribution in [0.1, 0.15) is 5.56 Å². The largest absolute Gasteiger partial charge is 0.416 e. The van der Waals surface area contributed by atoms with Gasteiger partial charge in [0, 0.05) is 29.2 Å². The summed E-state index contributed by atoms with van der Waals surface area (Å²) in [6.45, 7) is 0. The number of rotatable bonds is 2. The van der Waals surface area contributed by atoms with E-state index in [4.69, 9.17) is 11.6 Å². The van der Waals surface area contributed by atoms with Gasteiger partial charge in [-0.15, -0.1) is 0 Å². The molecule has 0 aliphatic carbocycles. The van der Waals surface area contributed by atoms with E-state index >= 15 is 0 Å². The molecule has 2 heterocycles. The zero-order valence-electron chi connectivity index (χ0n) is 13.2. The van der Waals surface area contributed by atoms with Crippen molar-refractivity contribution in [2.24, 2.45) is 0 Å². The van der Waals surface area contributed by atoms with E-state index in [9.17, 15) is 13.2 Å². The first kappa shape index (κ1) is 16.6. The number of para-hydroxylation sites is 1. The van der Waals surface area contributed by atoms with Crippen molar-refractivity contribution < 1.29 is 13.2 Å². The molecule has 7 heteroatoms. The first-order valence-electron chi connectivity index (χ1n) is 7.69. The van der Waals surface area contributed by atoms with Crippen LogP contribution in [0, 0.1) is 0 Å². The molecule has 0 bridgehead atoms. The molecule has 0 atom stereocenters. The van der Waals surface area contributed by atoms with Crippen LogP contribution in [0.4, 0.5) is 13.2 Å². The summed E-state index contributed by atoms with van der Waals surface area (Å²) < 4.78 is 41.8. The lowest BCUT2D eigenvalue weighted by atomic mass is 10.0. The molecular weight excluding hydrogens is 363 g/mol. The number of benzene rings is 2. The van der Waals surface area contributed by atoms with Crippen molar-refractivity contribution >= 4 is 22.6 Å². The molecule has 2 aromatic carbocycles. The van der Waals surface area contributed by atoms with Crippen molar-refractivity contribution in [2.75, 3.05) is 0 Å². The molecule has 0 aliphatic heterocycles. The van der Waals surface area contributed by atoms with Crippen molar-refractivity contribution in [2.45, 2.75) is 6.18 Å². The second kappa shape index (κ2) is 6.14. The van der Waals surface area contributed by atoms with Crippen molar-refractivity contribution in [3.05, 3.63) is 77.8 Å². The summed E-state index contributed by atoms with van der Waals surface area (Å²) in [4.78, 5) is 8.10. The van der Waals surface area contributed by atoms with E-state index in [0.29, 0.717) is 16.6 Å². The summed E-state index contributed by atoms with van der Waals surface area (Å²) in [5.74, 6) is 0. The summed E-state index contributed by atoms with van der Waals surface area (Å²) in [5.41, 5.74) is 1.63. The van der Waals surface area contributed by atoms with E-state index < -0.39 is 11.7 Å². The Morgan fingerprint density at radius 3 is 2.42 bits per heavy atom. The number of pyridine rings is 1. The zero-order valence-corrected chi connectivity index (χ0v) is 14.0. The molecule has 0 saturated heterocycles. The number of alkyl halides is 3. The maximum atomic E-state index is 13.4. The van der Waals surface area contributed by atoms with E-state index in [-0.39, 0.29) is 10.5 Å². The fourth-order valence-corrected chi connectivity index (χ4v) is 3.12. The van der Waals surface area contributed by atoms with Gasteiger partial charge in [0.15, 0.2) is 0 Å². The fraction of sp³-hybridized carbons (Fsp3) is 0.0526. The van der Waals surface area contributed by atoms with Crippen LogP contribution in [-0.2, 0) is 6.18 Å². The predicted molar refractivity (Wildman–Crippen MR) is 94.3 cm³/mol. The molecule has 4 aromatic rings. The van der Waals surface area contributed by atoms with Crippen molar-refractivity contribution in [3.63, 3.8) is 0 Å². The van der Waals surface area contributed by atoms with E-state index in [1.807, 2.05) is 30.3 Å². The number of aromatic nitrogens is 3. The SMILES string of the molecule is FC(F)(F)c1cc(-c2ccncc2Cl)c2c(c1)ncn2-c1ccccc1. The Labute approximate surface area is 151 Å². The van der Waals surface area contributed by atoms with Gasteiger partial charge in [-0.05, 0) is 30.3 Å². The van der Waals surface area contributed by atoms with E-state index in [1.54, 1.807) is 10.6 Å². The molecule has 3 nitrogen and oxygen atoms in total. The third-order valence-electron chi connectivity index (χ3n) is 4.07. The molecule has 0 saturated carbocycles. The molecule has 0 spiro atoms. The number of hydrogen-bond acceptors (Lipinski definition) is 2. The number of nitrogens with zero attached hydrogens (tertiary/aromatic N) is 3. The van der Waals surface area contributed by atoms with Crippen LogP contribution in [0.2, 0.25) is 5.02 Å². The molecule has 130 valence electrons. The highest BCUT2D eigenvalue weighted by molar-refractivity contribution is 6.33. The number of hydrogen-bond donors (Lipinski definition) is 0. The average molecular weight is 374 g/mol. The third-order valence-corrected chi connectivity index (χ3v) is 4.37. The lowest BCUT2D eigenvalue weighted by Crippen LogP contribution is -2.06. The van der Waals surface area contributed by atoms with Gasteiger partial charge in [-0.2, -0.15) is 13.2 Å². The highest BCUT2D eigenvalue weighted by Gasteiger charge is 2.32. The van der Waals surface area contributed by atoms with Gasteiger partial charge >= 0.3 is 6.18 Å². The van der Waals surface area contributed by atoms with Crippen LogP contribution >= 0.6 is 11.6 Å². The Morgan fingerprint density at radius 1 is 0.962 bits per heavy atom. The van der Waals surface area contributed by atoms with Gasteiger partial charge in [-0.25, -0.2) is 4.98 Å². The highest BCUT2D eigenvalue weighted by atomic mass is 35.5. The van der Waals surface area contributed by atoms with Crippen molar-refractivity contribution in [1.82, 2.24) is 14.5 Å². The number of fused-ring (bicyclic) bond motifs is 1. The Balaban J connectivity index is 2.09. The first-order valence-corrected chi connectivity index (χ1v) is 8.06. The molecule has 4 rings (SSSR count). The lowest BCUT2D eigenvalue weighted by Gasteiger charge is -2.14. The van der Waals surface area contributed by atoms with Crippen LogP contribution in [-0.4, -0.2) is 14.5 Å². The molecular formula is C19H11ClF3N3. The standard InChI is InChI=1S/C19H11ClF3N3/c20-16-10-24-7-6-14(16)15-8-12(19(21,22)23)9-17-18(15)26(11-25-17)13-4-2-1-3-5-13/h1-11H. The molecule has 0 fully saturated rings. The van der Waals surface area contributed by atoms with Gasteiger partial charge in [0.25, 0.3) is 0 Å². The van der Waals surface area contributed by atoms with Crippen molar-refractivity contribution in [1.29, 1.82) is 0 Å². The summed E-state index contributed by atoms with van der Waals surface area (Å²) in [6, 6.07) is 13.0. The highest BCUT2D eigenvalue weighted by Crippen LogP contribution is 2.39. The smallest absolute Gasteiger partial charge is 0.298 e. The maximum Gasteiger partial charge on any atom is 0.416 e. The van der Waals surface area contributed by atoms with Gasteiger partial charge in [-0.1, -0.05) is 29.8 Å². The maximum absolute atomic E-state index is 13.4. The predicted octanol–water partition coefficient (Wildman–Crippen LogP) is 5.76. The molecule has 2 aromatic heterocycles. The Morgan fingerprint density at radius 2 is 1.73 bits per heavy atom. The van der Waals surface area contributed by atoms with Gasteiger partial charge in [-0.3, -0.25) is 9.55 Å². The summed E-state index contributed by atoms with van der Waals surface area (Å²) in [7, 11) is 0. The quantitative estimate of drug-likeness (QED) is 0.447. The molecule has 0 aliphatic rings. The Hall–Kier alpha value is -2.86. The minimum Gasteiger partial charge on any atom is -0.298 e. The van der Waals surface area contributed by atoms with Gasteiger partial charge in [0.1, 0.15) is 6.33 Å². The number of halogens is 4. The normalized spacial score (nSPS) is 11.8. The van der Waals surface area contributed by atoms with Crippen LogP contribution in [0.15, 0.2) is 67.3 Å². The summed E-state index contributed by atoms with van der Waals surface area (Å²) in [5, 5.41) is 0.272. The van der Waals surface area contributed by atoms with Gasteiger partial charge in [0.05, 0.1) is 21.6 Å². The first-order chi connectivity index (χ1) is 12.4. The summed E-state index contributed by atoms with van der Waals surface area (Å²) >= 11 is 6.22. The van der Waals surface area contributed by atoms with E-state index in [1.165, 1.54) is 18.7 Å². The van der Waals surface area contributed by atoms with Crippen molar-refractivity contribution in [3.8, 4) is 16.8 Å². The average Bonchev–Trinajstić information content (AvgIpc) is 3.06. The monoisotopic (exact) mass is 373 g/mol. The second-order valence-electron chi connectivity index (χ2n) is 5.69. The fourth-order valence-electron chi connectivity index (χ4n) is 2.90. The summed E-state index contributed by atoms with van der Waals surface area (Å²) in [6.07, 6.45) is -0.0690. The zero-order chi connectivity index (χ0) is 18.3. The van der Waals surface area contributed by atoms with Crippen LogP contribution < -0.4 is 0 Å². The molecule has 0 amide bonds. The van der Waals surface area contributed by atoms with Crippen LogP contribution in [0.3, 0.4) is 0 Å². The van der Waals surface area contributed by atoms with Crippen LogP contribution in [0.25, 0.3) is 27.8 Å². The van der Waals surface area contributed by atoms with Gasteiger partial charge < -0.3 is 0 Å². The molecule has 0 radical (unpaired) electrons. The molecule has 0 N–H and O–H groups in total. The van der Waals surface area contributed by atoms with Crippen LogP contribution in [0.5, 0.6) is 0 Å². The van der Waals surface area contributed by atoms with E-state index in [0.717, 1.165) is 17.8 Å². The lowest BCUT2D eigenvalue weighted by molar-refractivity contribution is -0.137. The third kappa shape index (κ3) is 2.82. The molecule has 0 unspecified atom stereocenters. The number of imidazole rings is 1. The topological polar surface area (TPSA) is 30.7 Å². The Kier molecular flexibility index (Phi) is 3.92. The Bertz CT molecular complexity index is 1090. The van der Waals surface area contributed by atoms with E-state index in [2.05, 4.69) is 9.97 Å². The second-order valence-corrected chi connectivity index (χ2v) is 6.10. The molecule has 26 heavy (non-hydrogen) atoms. The minimum absolute atomic E-state index is 0.242. The van der Waals surface area contributed by atoms with Gasteiger partial charge in [0.2, 0.25) is 0 Å². The minimum atomic E-state index is -4.49.